The summed E-state index contributed by atoms with van der Waals surface area (Å²) in [6.07, 6.45) is 3.37. The van der Waals surface area contributed by atoms with E-state index >= 15 is 0 Å². The van der Waals surface area contributed by atoms with Crippen LogP contribution in [0.4, 0.5) is 5.69 Å². The molecule has 2 aromatic rings. The van der Waals surface area contributed by atoms with Crippen molar-refractivity contribution in [2.75, 3.05) is 11.9 Å². The van der Waals surface area contributed by atoms with Crippen LogP contribution in [0.3, 0.4) is 0 Å². The molecule has 2 rings (SSSR count). The molecule has 1 aromatic heterocycles. The van der Waals surface area contributed by atoms with Crippen molar-refractivity contribution in [3.05, 3.63) is 41.5 Å². The summed E-state index contributed by atoms with van der Waals surface area (Å²) in [5.74, 6) is -0.311. The first-order valence-electron chi connectivity index (χ1n) is 8.35. The maximum Gasteiger partial charge on any atom is 0.224 e. The van der Waals surface area contributed by atoms with Gasteiger partial charge in [0.1, 0.15) is 12.7 Å². The number of carbonyl (C=O) groups excluding carboxylic acids is 2. The van der Waals surface area contributed by atoms with E-state index in [0.29, 0.717) is 6.54 Å². The predicted octanol–water partition coefficient (Wildman–Crippen LogP) is 2.30. The maximum absolute atomic E-state index is 12.1. The number of anilines is 1. The fourth-order valence-corrected chi connectivity index (χ4v) is 2.69. The molecule has 0 radical (unpaired) electrons. The number of aryl methyl sites for hydroxylation is 3. The van der Waals surface area contributed by atoms with Crippen LogP contribution in [-0.2, 0) is 9.59 Å². The van der Waals surface area contributed by atoms with Gasteiger partial charge in [0.2, 0.25) is 11.8 Å². The second kappa shape index (κ2) is 8.41. The molecule has 0 aliphatic heterocycles. The maximum atomic E-state index is 12.1. The van der Waals surface area contributed by atoms with E-state index in [0.717, 1.165) is 22.4 Å². The normalized spacial score (nSPS) is 11.8. The van der Waals surface area contributed by atoms with Gasteiger partial charge in [-0.25, -0.2) is 9.67 Å². The highest BCUT2D eigenvalue weighted by molar-refractivity contribution is 5.94. The molecule has 2 N–H and O–H groups in total. The third-order valence-corrected chi connectivity index (χ3v) is 4.00. The quantitative estimate of drug-likeness (QED) is 0.807. The van der Waals surface area contributed by atoms with Crippen molar-refractivity contribution in [3.8, 4) is 0 Å². The summed E-state index contributed by atoms with van der Waals surface area (Å²) >= 11 is 0. The summed E-state index contributed by atoms with van der Waals surface area (Å²) in [4.78, 5) is 27.9. The Hall–Kier alpha value is -2.70. The van der Waals surface area contributed by atoms with Crippen LogP contribution in [0.2, 0.25) is 0 Å². The van der Waals surface area contributed by atoms with Gasteiger partial charge in [0.15, 0.2) is 0 Å². The van der Waals surface area contributed by atoms with Gasteiger partial charge >= 0.3 is 0 Å². The molecule has 1 atom stereocenters. The molecule has 0 fully saturated rings. The monoisotopic (exact) mass is 343 g/mol. The Labute approximate surface area is 147 Å². The van der Waals surface area contributed by atoms with Crippen LogP contribution in [0.25, 0.3) is 0 Å². The van der Waals surface area contributed by atoms with Gasteiger partial charge in [-0.1, -0.05) is 17.7 Å². The first kappa shape index (κ1) is 18.6. The molecule has 0 saturated carbocycles. The molecule has 0 saturated heterocycles. The second-order valence-electron chi connectivity index (χ2n) is 6.35. The lowest BCUT2D eigenvalue weighted by molar-refractivity contribution is -0.124. The van der Waals surface area contributed by atoms with E-state index in [9.17, 15) is 9.59 Å². The van der Waals surface area contributed by atoms with Crippen molar-refractivity contribution < 1.29 is 9.59 Å². The average Bonchev–Trinajstić information content (AvgIpc) is 3.08. The number of nitrogens with one attached hydrogen (secondary N) is 2. The number of amides is 2. The highest BCUT2D eigenvalue weighted by Crippen LogP contribution is 2.22. The summed E-state index contributed by atoms with van der Waals surface area (Å²) < 4.78 is 1.68. The minimum Gasteiger partial charge on any atom is -0.354 e. The SMILES string of the molecule is Cc1cc(C)c(NC(=O)CCC(=O)NCC(C)n2cncn2)c(C)c1. The van der Waals surface area contributed by atoms with Gasteiger partial charge in [0.05, 0.1) is 6.04 Å². The minimum absolute atomic E-state index is 0.0122. The number of hydrogen-bond donors (Lipinski definition) is 2. The van der Waals surface area contributed by atoms with Crippen molar-refractivity contribution in [2.45, 2.75) is 46.6 Å². The molecule has 0 aliphatic carbocycles. The molecule has 2 amide bonds. The van der Waals surface area contributed by atoms with Gasteiger partial charge in [-0.3, -0.25) is 9.59 Å². The topological polar surface area (TPSA) is 88.9 Å². The van der Waals surface area contributed by atoms with Crippen LogP contribution >= 0.6 is 0 Å². The lowest BCUT2D eigenvalue weighted by Crippen LogP contribution is -2.30. The highest BCUT2D eigenvalue weighted by Gasteiger charge is 2.12. The zero-order chi connectivity index (χ0) is 18.4. The van der Waals surface area contributed by atoms with Crippen molar-refractivity contribution >= 4 is 17.5 Å². The van der Waals surface area contributed by atoms with Crippen LogP contribution in [-0.4, -0.2) is 33.1 Å². The smallest absolute Gasteiger partial charge is 0.224 e. The fourth-order valence-electron chi connectivity index (χ4n) is 2.69. The number of nitrogens with zero attached hydrogens (tertiary/aromatic N) is 3. The fraction of sp³-hybridized carbons (Fsp3) is 0.444. The Kier molecular flexibility index (Phi) is 6.27. The van der Waals surface area contributed by atoms with E-state index in [1.807, 2.05) is 39.8 Å². The molecule has 0 aliphatic rings. The summed E-state index contributed by atoms with van der Waals surface area (Å²) in [7, 11) is 0. The van der Waals surface area contributed by atoms with E-state index in [1.54, 1.807) is 11.0 Å². The zero-order valence-electron chi connectivity index (χ0n) is 15.2. The summed E-state index contributed by atoms with van der Waals surface area (Å²) in [5.41, 5.74) is 4.04. The lowest BCUT2D eigenvalue weighted by Gasteiger charge is -2.14. The molecule has 7 heteroatoms. The largest absolute Gasteiger partial charge is 0.354 e. The Balaban J connectivity index is 1.77. The summed E-state index contributed by atoms with van der Waals surface area (Å²) in [6.45, 7) is 8.34. The third kappa shape index (κ3) is 5.41. The predicted molar refractivity (Wildman–Crippen MR) is 96.3 cm³/mol. The summed E-state index contributed by atoms with van der Waals surface area (Å²) in [6, 6.07) is 4.07. The molecule has 1 aromatic carbocycles. The van der Waals surface area contributed by atoms with Crippen LogP contribution in [0.5, 0.6) is 0 Å². The molecular formula is C18H25N5O2. The molecule has 25 heavy (non-hydrogen) atoms. The Bertz CT molecular complexity index is 717. The van der Waals surface area contributed by atoms with Crippen molar-refractivity contribution in [2.24, 2.45) is 0 Å². The number of aromatic nitrogens is 3. The van der Waals surface area contributed by atoms with Crippen molar-refractivity contribution in [1.29, 1.82) is 0 Å². The standard InChI is InChI=1S/C18H25N5O2/c1-12-7-13(2)18(14(3)8-12)22-17(25)6-5-16(24)20-9-15(4)23-11-19-10-21-23/h7-8,10-11,15H,5-6,9H2,1-4H3,(H,20,24)(H,22,25). The van der Waals surface area contributed by atoms with Gasteiger partial charge in [-0.15, -0.1) is 0 Å². The molecule has 1 heterocycles. The van der Waals surface area contributed by atoms with Crippen LogP contribution in [0.15, 0.2) is 24.8 Å². The van der Waals surface area contributed by atoms with E-state index < -0.39 is 0 Å². The Morgan fingerprint density at radius 1 is 1.12 bits per heavy atom. The van der Waals surface area contributed by atoms with Crippen LogP contribution in [0.1, 0.15) is 42.5 Å². The molecule has 134 valence electrons. The number of rotatable bonds is 7. The number of benzene rings is 1. The van der Waals surface area contributed by atoms with E-state index in [4.69, 9.17) is 0 Å². The van der Waals surface area contributed by atoms with Crippen molar-refractivity contribution in [3.63, 3.8) is 0 Å². The van der Waals surface area contributed by atoms with Crippen LogP contribution < -0.4 is 10.6 Å². The third-order valence-electron chi connectivity index (χ3n) is 4.00. The van der Waals surface area contributed by atoms with Gasteiger partial charge in [-0.2, -0.15) is 5.10 Å². The van der Waals surface area contributed by atoms with Gasteiger partial charge in [0, 0.05) is 25.1 Å². The Morgan fingerprint density at radius 2 is 1.76 bits per heavy atom. The Morgan fingerprint density at radius 3 is 2.36 bits per heavy atom. The van der Waals surface area contributed by atoms with E-state index in [-0.39, 0.29) is 30.7 Å². The first-order chi connectivity index (χ1) is 11.9. The lowest BCUT2D eigenvalue weighted by atomic mass is 10.0. The van der Waals surface area contributed by atoms with Gasteiger partial charge < -0.3 is 10.6 Å². The van der Waals surface area contributed by atoms with E-state index in [2.05, 4.69) is 20.7 Å². The zero-order valence-corrected chi connectivity index (χ0v) is 15.2. The van der Waals surface area contributed by atoms with Crippen molar-refractivity contribution in [1.82, 2.24) is 20.1 Å². The average molecular weight is 343 g/mol. The highest BCUT2D eigenvalue weighted by atomic mass is 16.2. The number of hydrogen-bond acceptors (Lipinski definition) is 4. The minimum atomic E-state index is -0.158. The molecule has 7 nitrogen and oxygen atoms in total. The van der Waals surface area contributed by atoms with Gasteiger partial charge in [-0.05, 0) is 38.8 Å². The van der Waals surface area contributed by atoms with Gasteiger partial charge in [0.25, 0.3) is 0 Å². The molecule has 1 unspecified atom stereocenters. The second-order valence-corrected chi connectivity index (χ2v) is 6.35. The summed E-state index contributed by atoms with van der Waals surface area (Å²) in [5, 5.41) is 9.75. The first-order valence-corrected chi connectivity index (χ1v) is 8.35. The van der Waals surface area contributed by atoms with Crippen LogP contribution in [0, 0.1) is 20.8 Å². The molecule has 0 bridgehead atoms. The van der Waals surface area contributed by atoms with E-state index in [1.165, 1.54) is 6.33 Å². The molecular weight excluding hydrogens is 318 g/mol. The number of carbonyl (C=O) groups is 2. The molecule has 0 spiro atoms.